The number of pyridine rings is 1. The first kappa shape index (κ1) is 31.5. The molecule has 232 valence electrons. The molecule has 2 aliphatic heterocycles. The maximum absolute atomic E-state index is 13.6. The maximum Gasteiger partial charge on any atom is 0.573 e. The Hall–Kier alpha value is -4.41. The Bertz CT molecular complexity index is 1400. The number of hydrogen-bond acceptors (Lipinski definition) is 8. The smallest absolute Gasteiger partial charge is 0.404 e. The van der Waals surface area contributed by atoms with E-state index in [1.165, 1.54) is 26.2 Å². The molecule has 0 atom stereocenters. The van der Waals surface area contributed by atoms with Gasteiger partial charge in [-0.3, -0.25) is 19.5 Å². The van der Waals surface area contributed by atoms with Crippen molar-refractivity contribution in [1.82, 2.24) is 14.8 Å². The predicted octanol–water partition coefficient (Wildman–Crippen LogP) is 4.18. The molecule has 17 heteroatoms. The number of hydroxylamine groups is 1. The summed E-state index contributed by atoms with van der Waals surface area (Å²) < 4.78 is 83.4. The van der Waals surface area contributed by atoms with Gasteiger partial charge in [-0.25, -0.2) is 14.5 Å². The van der Waals surface area contributed by atoms with Crippen LogP contribution in [0.25, 0.3) is 0 Å². The lowest BCUT2D eigenvalue weighted by molar-refractivity contribution is -0.274. The largest absolute Gasteiger partial charge is 0.573 e. The summed E-state index contributed by atoms with van der Waals surface area (Å²) >= 11 is 0. The van der Waals surface area contributed by atoms with Crippen LogP contribution < -0.4 is 14.7 Å². The molecule has 11 nitrogen and oxygen atoms in total. The molecular weight excluding hydrogens is 592 g/mol. The average Bonchev–Trinajstić information content (AvgIpc) is 3.48. The van der Waals surface area contributed by atoms with E-state index in [1.54, 1.807) is 17.0 Å². The van der Waals surface area contributed by atoms with Crippen molar-refractivity contribution in [3.8, 4) is 5.75 Å². The Kier molecular flexibility index (Phi) is 8.58. The third kappa shape index (κ3) is 6.98. The highest BCUT2D eigenvalue weighted by Gasteiger charge is 2.53. The number of hydrogen-bond donors (Lipinski definition) is 0. The van der Waals surface area contributed by atoms with Gasteiger partial charge >= 0.3 is 24.5 Å². The zero-order chi connectivity index (χ0) is 31.7. The summed E-state index contributed by atoms with van der Waals surface area (Å²) in [5, 5.41) is -0.0279. The second kappa shape index (κ2) is 11.7. The number of aromatic nitrogens is 1. The molecule has 0 unspecified atom stereocenters. The fraction of sp³-hybridized carbons (Fsp3) is 0.423. The van der Waals surface area contributed by atoms with E-state index in [9.17, 15) is 45.5 Å². The predicted molar refractivity (Wildman–Crippen MR) is 135 cm³/mol. The first-order valence-corrected chi connectivity index (χ1v) is 12.8. The topological polar surface area (TPSA) is 113 Å². The van der Waals surface area contributed by atoms with Gasteiger partial charge in [0.05, 0.1) is 17.9 Å². The van der Waals surface area contributed by atoms with E-state index in [4.69, 9.17) is 0 Å². The highest BCUT2D eigenvalue weighted by molar-refractivity contribution is 6.23. The van der Waals surface area contributed by atoms with Crippen LogP contribution in [0.3, 0.4) is 0 Å². The summed E-state index contributed by atoms with van der Waals surface area (Å²) in [5.41, 5.74) is -2.60. The second-order valence-corrected chi connectivity index (χ2v) is 10.2. The number of benzene rings is 1. The SMILES string of the molecule is CC1(C)C(=O)N(c2cc(N(OC(=O)C(F)(F)F)C(=O)CN3CCCC3)ccc2OC(F)(F)F)C(=O)N1Cc1ccncc1. The molecule has 0 saturated carbocycles. The first-order chi connectivity index (χ1) is 20.0. The number of likely N-dealkylation sites (tertiary alicyclic amines) is 1. The third-order valence-corrected chi connectivity index (χ3v) is 6.75. The second-order valence-electron chi connectivity index (χ2n) is 10.2. The van der Waals surface area contributed by atoms with Crippen LogP contribution >= 0.6 is 0 Å². The average molecular weight is 618 g/mol. The fourth-order valence-corrected chi connectivity index (χ4v) is 4.58. The Balaban J connectivity index is 1.79. The number of ether oxygens (including phenoxy) is 1. The molecule has 0 aliphatic carbocycles. The Labute approximate surface area is 240 Å². The molecule has 3 heterocycles. The first-order valence-electron chi connectivity index (χ1n) is 12.8. The summed E-state index contributed by atoms with van der Waals surface area (Å²) in [5.74, 6) is -6.02. The van der Waals surface area contributed by atoms with Gasteiger partial charge in [-0.2, -0.15) is 13.2 Å². The Morgan fingerprint density at radius 1 is 1.00 bits per heavy atom. The molecule has 43 heavy (non-hydrogen) atoms. The van der Waals surface area contributed by atoms with Crippen LogP contribution in [0.4, 0.5) is 42.5 Å². The van der Waals surface area contributed by atoms with Crippen LogP contribution in [0.1, 0.15) is 32.3 Å². The van der Waals surface area contributed by atoms with Crippen molar-refractivity contribution < 1.29 is 55.1 Å². The van der Waals surface area contributed by atoms with Gasteiger partial charge in [-0.05, 0) is 75.7 Å². The lowest BCUT2D eigenvalue weighted by atomic mass is 10.0. The van der Waals surface area contributed by atoms with Crippen molar-refractivity contribution in [3.63, 3.8) is 0 Å². The number of amides is 4. The molecule has 0 spiro atoms. The number of rotatable bonds is 7. The van der Waals surface area contributed by atoms with Crippen LogP contribution in [-0.2, 0) is 25.8 Å². The molecule has 2 saturated heterocycles. The van der Waals surface area contributed by atoms with Crippen LogP contribution in [0.2, 0.25) is 0 Å². The van der Waals surface area contributed by atoms with E-state index in [1.807, 2.05) is 0 Å². The van der Waals surface area contributed by atoms with Gasteiger partial charge in [0, 0.05) is 18.9 Å². The molecule has 4 rings (SSSR count). The van der Waals surface area contributed by atoms with Crippen molar-refractivity contribution >= 4 is 35.2 Å². The van der Waals surface area contributed by atoms with Gasteiger partial charge in [0.1, 0.15) is 5.54 Å². The molecule has 4 amide bonds. The minimum atomic E-state index is -5.54. The van der Waals surface area contributed by atoms with Gasteiger partial charge in [0.2, 0.25) is 0 Å². The number of nitrogens with zero attached hydrogens (tertiary/aromatic N) is 5. The normalized spacial score (nSPS) is 17.4. The molecular formula is C26H25F6N5O6. The van der Waals surface area contributed by atoms with Crippen LogP contribution in [0.15, 0.2) is 42.7 Å². The van der Waals surface area contributed by atoms with Crippen LogP contribution in [-0.4, -0.2) is 76.3 Å². The Morgan fingerprint density at radius 3 is 2.21 bits per heavy atom. The van der Waals surface area contributed by atoms with E-state index in [0.717, 1.165) is 11.0 Å². The molecule has 1 aromatic heterocycles. The quantitative estimate of drug-likeness (QED) is 0.259. The number of anilines is 2. The summed E-state index contributed by atoms with van der Waals surface area (Å²) in [7, 11) is 0. The van der Waals surface area contributed by atoms with E-state index >= 15 is 0 Å². The number of alkyl halides is 6. The van der Waals surface area contributed by atoms with Crippen molar-refractivity contribution in [2.24, 2.45) is 0 Å². The maximum atomic E-state index is 13.6. The molecule has 1 aromatic carbocycles. The van der Waals surface area contributed by atoms with Gasteiger partial charge < -0.3 is 14.5 Å². The summed E-state index contributed by atoms with van der Waals surface area (Å²) in [6, 6.07) is 3.96. The van der Waals surface area contributed by atoms with Crippen molar-refractivity contribution in [2.75, 3.05) is 29.6 Å². The van der Waals surface area contributed by atoms with Gasteiger partial charge in [0.25, 0.3) is 11.8 Å². The molecule has 2 aliphatic rings. The molecule has 0 N–H and O–H groups in total. The lowest BCUT2D eigenvalue weighted by Crippen LogP contribution is -2.44. The highest BCUT2D eigenvalue weighted by Crippen LogP contribution is 2.42. The lowest BCUT2D eigenvalue weighted by Gasteiger charge is -2.27. The highest BCUT2D eigenvalue weighted by atomic mass is 19.4. The Morgan fingerprint density at radius 2 is 1.63 bits per heavy atom. The summed E-state index contributed by atoms with van der Waals surface area (Å²) in [6.45, 7) is 2.90. The minimum absolute atomic E-state index is 0.0279. The van der Waals surface area contributed by atoms with Gasteiger partial charge in [0.15, 0.2) is 5.75 Å². The van der Waals surface area contributed by atoms with Crippen molar-refractivity contribution in [1.29, 1.82) is 0 Å². The standard InChI is InChI=1S/C26H25F6N5O6/c1-24(2)21(39)36(23(41)35(24)14-16-7-9-33-10-8-16)18-13-17(5-6-19(18)42-26(30,31)32)37(43-22(40)25(27,28)29)20(38)15-34-11-3-4-12-34/h5-10,13H,3-4,11-12,14-15H2,1-2H3. The molecule has 2 fully saturated rings. The van der Waals surface area contributed by atoms with Crippen LogP contribution in [0.5, 0.6) is 5.75 Å². The van der Waals surface area contributed by atoms with Crippen molar-refractivity contribution in [2.45, 2.75) is 51.3 Å². The number of carbonyl (C=O) groups is 4. The fourth-order valence-electron chi connectivity index (χ4n) is 4.58. The van der Waals surface area contributed by atoms with Gasteiger partial charge in [-0.1, -0.05) is 0 Å². The van der Waals surface area contributed by atoms with Gasteiger partial charge in [-0.15, -0.1) is 18.2 Å². The van der Waals surface area contributed by atoms with E-state index in [2.05, 4.69) is 14.6 Å². The third-order valence-electron chi connectivity index (χ3n) is 6.75. The number of imide groups is 1. The number of urea groups is 1. The van der Waals surface area contributed by atoms with Crippen LogP contribution in [0, 0.1) is 0 Å². The molecule has 0 bridgehead atoms. The number of halogens is 6. The monoisotopic (exact) mass is 617 g/mol. The minimum Gasteiger partial charge on any atom is -0.404 e. The van der Waals surface area contributed by atoms with E-state index < -0.39 is 65.6 Å². The molecule has 0 radical (unpaired) electrons. The van der Waals surface area contributed by atoms with Crippen molar-refractivity contribution in [3.05, 3.63) is 48.3 Å². The van der Waals surface area contributed by atoms with E-state index in [-0.39, 0.29) is 11.6 Å². The summed E-state index contributed by atoms with van der Waals surface area (Å²) in [4.78, 5) is 63.1. The zero-order valence-electron chi connectivity index (χ0n) is 22.7. The van der Waals surface area contributed by atoms with E-state index in [0.29, 0.717) is 48.5 Å². The number of carbonyl (C=O) groups excluding carboxylic acids is 4. The zero-order valence-corrected chi connectivity index (χ0v) is 22.7. The molecule has 2 aromatic rings. The summed E-state index contributed by atoms with van der Waals surface area (Å²) in [6.07, 6.45) is -6.59.